The summed E-state index contributed by atoms with van der Waals surface area (Å²) in [4.78, 5) is 25.8. The Morgan fingerprint density at radius 3 is 2.39 bits per heavy atom. The molecule has 1 heterocycles. The zero-order valence-corrected chi connectivity index (χ0v) is 21.0. The number of ether oxygens (including phenoxy) is 1. The average molecular weight is 507 g/mol. The number of hydrogen-bond donors (Lipinski definition) is 2. The number of anilines is 1. The van der Waals surface area contributed by atoms with Crippen molar-refractivity contribution in [2.24, 2.45) is 0 Å². The molecular formula is C31H26N2O5. The van der Waals surface area contributed by atoms with E-state index in [1.807, 2.05) is 54.6 Å². The first kappa shape index (κ1) is 24.9. The Morgan fingerprint density at radius 2 is 1.66 bits per heavy atom. The molecule has 0 spiro atoms. The smallest absolute Gasteiger partial charge is 0.366 e. The molecule has 1 unspecified atom stereocenters. The van der Waals surface area contributed by atoms with Crippen molar-refractivity contribution in [3.63, 3.8) is 0 Å². The van der Waals surface area contributed by atoms with Crippen LogP contribution in [0.1, 0.15) is 16.8 Å². The lowest BCUT2D eigenvalue weighted by molar-refractivity contribution is -0.135. The zero-order valence-electron chi connectivity index (χ0n) is 21.0. The fourth-order valence-corrected chi connectivity index (χ4v) is 4.50. The summed E-state index contributed by atoms with van der Waals surface area (Å²) in [5.74, 6) is 0.0155. The van der Waals surface area contributed by atoms with E-state index in [-0.39, 0.29) is 6.42 Å². The molecule has 2 N–H and O–H groups in total. The van der Waals surface area contributed by atoms with Gasteiger partial charge in [-0.25, -0.2) is 4.79 Å². The minimum Gasteiger partial charge on any atom is -0.497 e. The first-order chi connectivity index (χ1) is 18.4. The van der Waals surface area contributed by atoms with Gasteiger partial charge in [0.15, 0.2) is 5.60 Å². The number of carbonyl (C=O) groups excluding carboxylic acids is 1. The Kier molecular flexibility index (Phi) is 6.77. The summed E-state index contributed by atoms with van der Waals surface area (Å²) in [6.07, 6.45) is 0.0124. The van der Waals surface area contributed by atoms with E-state index in [0.29, 0.717) is 33.5 Å². The van der Waals surface area contributed by atoms with Gasteiger partial charge in [-0.3, -0.25) is 4.79 Å². The highest BCUT2D eigenvalue weighted by atomic mass is 16.5. The molecule has 0 aliphatic rings. The molecule has 190 valence electrons. The monoisotopic (exact) mass is 506 g/mol. The van der Waals surface area contributed by atoms with Crippen LogP contribution in [0.4, 0.5) is 5.69 Å². The molecule has 5 aromatic rings. The van der Waals surface area contributed by atoms with Gasteiger partial charge in [-0.2, -0.15) is 0 Å². The van der Waals surface area contributed by atoms with Gasteiger partial charge < -0.3 is 19.7 Å². The Balaban J connectivity index is 1.52. The maximum atomic E-state index is 13.7. The number of amides is 1. The zero-order chi connectivity index (χ0) is 26.7. The van der Waals surface area contributed by atoms with E-state index in [0.717, 1.165) is 16.7 Å². The van der Waals surface area contributed by atoms with Crippen molar-refractivity contribution in [2.45, 2.75) is 18.9 Å². The van der Waals surface area contributed by atoms with Gasteiger partial charge in [0.1, 0.15) is 5.75 Å². The minimum absolute atomic E-state index is 0.0124. The molecule has 0 saturated carbocycles. The number of aliphatic hydroxyl groups is 1. The lowest BCUT2D eigenvalue weighted by atomic mass is 9.85. The number of fused-ring (bicyclic) bond motifs is 1. The van der Waals surface area contributed by atoms with Crippen molar-refractivity contribution in [1.82, 2.24) is 5.16 Å². The van der Waals surface area contributed by atoms with Crippen molar-refractivity contribution in [3.8, 4) is 16.9 Å². The number of benzene rings is 4. The van der Waals surface area contributed by atoms with Gasteiger partial charge >= 0.3 is 5.63 Å². The molecule has 7 heteroatoms. The second-order valence-corrected chi connectivity index (χ2v) is 9.10. The molecule has 38 heavy (non-hydrogen) atoms. The Labute approximate surface area is 219 Å². The van der Waals surface area contributed by atoms with Crippen molar-refractivity contribution >= 4 is 22.4 Å². The number of hydrogen-bond acceptors (Lipinski definition) is 6. The van der Waals surface area contributed by atoms with Crippen molar-refractivity contribution < 1.29 is 19.2 Å². The van der Waals surface area contributed by atoms with E-state index in [2.05, 4.69) is 10.5 Å². The number of nitrogens with one attached hydrogen (secondary N) is 1. The van der Waals surface area contributed by atoms with Gasteiger partial charge in [0.2, 0.25) is 0 Å². The molecule has 0 saturated heterocycles. The SMILES string of the molecule is COc1cccc(CC(O)(C(=O)Nc2ccc3c(=O)onc(C)c3c2)c2ccc(-c3ccccc3)cc2)c1. The Bertz CT molecular complexity index is 1660. The molecule has 0 aliphatic carbocycles. The minimum atomic E-state index is -1.90. The maximum Gasteiger partial charge on any atom is 0.366 e. The van der Waals surface area contributed by atoms with Crippen molar-refractivity contribution in [3.05, 3.63) is 124 Å². The van der Waals surface area contributed by atoms with E-state index in [9.17, 15) is 14.7 Å². The number of methoxy groups -OCH3 is 1. The first-order valence-electron chi connectivity index (χ1n) is 12.1. The molecule has 1 atom stereocenters. The highest BCUT2D eigenvalue weighted by molar-refractivity contribution is 6.00. The summed E-state index contributed by atoms with van der Waals surface area (Å²) in [7, 11) is 1.57. The van der Waals surface area contributed by atoms with E-state index in [1.54, 1.807) is 56.5 Å². The molecule has 0 bridgehead atoms. The van der Waals surface area contributed by atoms with Gasteiger partial charge in [0.25, 0.3) is 5.91 Å². The molecule has 0 radical (unpaired) electrons. The summed E-state index contributed by atoms with van der Waals surface area (Å²) in [5, 5.41) is 19.5. The van der Waals surface area contributed by atoms with Crippen LogP contribution in [0, 0.1) is 6.92 Å². The topological polar surface area (TPSA) is 102 Å². The van der Waals surface area contributed by atoms with Crippen LogP contribution >= 0.6 is 0 Å². The van der Waals surface area contributed by atoms with E-state index < -0.39 is 17.1 Å². The van der Waals surface area contributed by atoms with Crippen LogP contribution in [0.2, 0.25) is 0 Å². The molecule has 1 amide bonds. The van der Waals surface area contributed by atoms with Crippen molar-refractivity contribution in [2.75, 3.05) is 12.4 Å². The summed E-state index contributed by atoms with van der Waals surface area (Å²) in [6, 6.07) is 29.2. The third-order valence-corrected chi connectivity index (χ3v) is 6.59. The largest absolute Gasteiger partial charge is 0.497 e. The molecular weight excluding hydrogens is 480 g/mol. The summed E-state index contributed by atoms with van der Waals surface area (Å²) in [5.41, 5.74) is 1.64. The van der Waals surface area contributed by atoms with E-state index in [4.69, 9.17) is 9.26 Å². The molecule has 5 rings (SSSR count). The molecule has 7 nitrogen and oxygen atoms in total. The average Bonchev–Trinajstić information content (AvgIpc) is 2.95. The molecule has 4 aromatic carbocycles. The second kappa shape index (κ2) is 10.3. The van der Waals surface area contributed by atoms with Gasteiger partial charge in [0, 0.05) is 17.5 Å². The highest BCUT2D eigenvalue weighted by Crippen LogP contribution is 2.31. The van der Waals surface area contributed by atoms with Gasteiger partial charge in [-0.15, -0.1) is 0 Å². The normalized spacial score (nSPS) is 12.6. The Morgan fingerprint density at radius 1 is 0.921 bits per heavy atom. The van der Waals surface area contributed by atoms with Crippen LogP contribution in [-0.2, 0) is 16.8 Å². The van der Waals surface area contributed by atoms with Gasteiger partial charge in [-0.1, -0.05) is 71.9 Å². The number of rotatable bonds is 7. The third-order valence-electron chi connectivity index (χ3n) is 6.59. The molecule has 0 fully saturated rings. The fraction of sp³-hybridized carbons (Fsp3) is 0.129. The molecule has 1 aromatic heterocycles. The van der Waals surface area contributed by atoms with Gasteiger partial charge in [0.05, 0.1) is 18.2 Å². The summed E-state index contributed by atoms with van der Waals surface area (Å²) in [6.45, 7) is 1.71. The summed E-state index contributed by atoms with van der Waals surface area (Å²) >= 11 is 0. The van der Waals surface area contributed by atoms with Crippen LogP contribution in [0.25, 0.3) is 21.9 Å². The second-order valence-electron chi connectivity index (χ2n) is 9.10. The van der Waals surface area contributed by atoms with E-state index in [1.165, 1.54) is 0 Å². The first-order valence-corrected chi connectivity index (χ1v) is 12.1. The van der Waals surface area contributed by atoms with Crippen LogP contribution in [-0.4, -0.2) is 23.3 Å². The predicted octanol–water partition coefficient (Wildman–Crippen LogP) is 5.24. The van der Waals surface area contributed by atoms with Crippen molar-refractivity contribution in [1.29, 1.82) is 0 Å². The summed E-state index contributed by atoms with van der Waals surface area (Å²) < 4.78 is 10.1. The van der Waals surface area contributed by atoms with E-state index >= 15 is 0 Å². The van der Waals surface area contributed by atoms with Crippen LogP contribution in [0.5, 0.6) is 5.75 Å². The Hall–Kier alpha value is -4.75. The quantitative estimate of drug-likeness (QED) is 0.313. The third kappa shape index (κ3) is 4.92. The lowest BCUT2D eigenvalue weighted by Crippen LogP contribution is -2.42. The fourth-order valence-electron chi connectivity index (χ4n) is 4.50. The predicted molar refractivity (Wildman–Crippen MR) is 146 cm³/mol. The van der Waals surface area contributed by atoms with Crippen LogP contribution in [0.3, 0.4) is 0 Å². The maximum absolute atomic E-state index is 13.7. The number of carbonyl (C=O) groups is 1. The van der Waals surface area contributed by atoms with Gasteiger partial charge in [-0.05, 0) is 59.5 Å². The lowest BCUT2D eigenvalue weighted by Gasteiger charge is -2.28. The number of aromatic nitrogens is 1. The number of nitrogens with zero attached hydrogens (tertiary/aromatic N) is 1. The van der Waals surface area contributed by atoms with Crippen LogP contribution in [0.15, 0.2) is 106 Å². The highest BCUT2D eigenvalue weighted by Gasteiger charge is 2.38. The standard InChI is InChI=1S/C31H26N2O5/c1-20-28-18-25(15-16-27(28)29(34)38-33-20)32-30(35)31(36,19-21-7-6-10-26(17-21)37-2)24-13-11-23(12-14-24)22-8-4-3-5-9-22/h3-18,36H,19H2,1-2H3,(H,32,35). The molecule has 0 aliphatic heterocycles. The van der Waals surface area contributed by atoms with Crippen LogP contribution < -0.4 is 15.7 Å². The number of aryl methyl sites for hydroxylation is 1.